The lowest BCUT2D eigenvalue weighted by molar-refractivity contribution is 0.0994. The van der Waals surface area contributed by atoms with Crippen molar-refractivity contribution in [2.45, 2.75) is 13.0 Å². The number of thiophene rings is 1. The Morgan fingerprint density at radius 3 is 2.93 bits per heavy atom. The summed E-state index contributed by atoms with van der Waals surface area (Å²) in [7, 11) is 0. The largest absolute Gasteiger partial charge is 0.364 e. The van der Waals surface area contributed by atoms with Crippen LogP contribution >= 0.6 is 11.3 Å². The van der Waals surface area contributed by atoms with Crippen LogP contribution in [0.2, 0.25) is 0 Å². The van der Waals surface area contributed by atoms with E-state index in [0.29, 0.717) is 5.69 Å². The van der Waals surface area contributed by atoms with Gasteiger partial charge in [0.05, 0.1) is 6.04 Å². The van der Waals surface area contributed by atoms with Crippen LogP contribution in [0.25, 0.3) is 0 Å². The van der Waals surface area contributed by atoms with E-state index in [1.807, 2.05) is 24.4 Å². The Morgan fingerprint density at radius 2 is 2.40 bits per heavy atom. The normalized spacial score (nSPS) is 12.6. The topological polar surface area (TPSA) is 60.9 Å². The number of amides is 1. The summed E-state index contributed by atoms with van der Waals surface area (Å²) in [6, 6.07) is 5.81. The van der Waals surface area contributed by atoms with Gasteiger partial charge >= 0.3 is 0 Å². The highest BCUT2D eigenvalue weighted by atomic mass is 32.1. The van der Waals surface area contributed by atoms with Gasteiger partial charge in [-0.2, -0.15) is 5.10 Å². The molecular weight excluding hydrogens is 210 g/mol. The number of primary amides is 1. The summed E-state index contributed by atoms with van der Waals surface area (Å²) >= 11 is 1.67. The van der Waals surface area contributed by atoms with Crippen LogP contribution in [0.1, 0.15) is 28.3 Å². The molecule has 2 rings (SSSR count). The van der Waals surface area contributed by atoms with Gasteiger partial charge in [0.25, 0.3) is 5.91 Å². The number of hydrogen-bond donors (Lipinski definition) is 1. The van der Waals surface area contributed by atoms with Gasteiger partial charge in [0, 0.05) is 11.1 Å². The van der Waals surface area contributed by atoms with E-state index in [2.05, 4.69) is 5.10 Å². The van der Waals surface area contributed by atoms with Crippen molar-refractivity contribution in [1.82, 2.24) is 9.78 Å². The van der Waals surface area contributed by atoms with E-state index in [4.69, 9.17) is 5.73 Å². The van der Waals surface area contributed by atoms with Gasteiger partial charge < -0.3 is 5.73 Å². The molecule has 2 heterocycles. The molecular formula is C10H11N3OS. The van der Waals surface area contributed by atoms with Crippen molar-refractivity contribution in [1.29, 1.82) is 0 Å². The Morgan fingerprint density at radius 1 is 1.60 bits per heavy atom. The summed E-state index contributed by atoms with van der Waals surface area (Å²) in [4.78, 5) is 12.1. The minimum absolute atomic E-state index is 0.137. The fraction of sp³-hybridized carbons (Fsp3) is 0.200. The fourth-order valence-electron chi connectivity index (χ4n) is 1.34. The predicted octanol–water partition coefficient (Wildman–Crippen LogP) is 1.65. The van der Waals surface area contributed by atoms with E-state index in [-0.39, 0.29) is 6.04 Å². The highest BCUT2D eigenvalue weighted by Crippen LogP contribution is 2.21. The summed E-state index contributed by atoms with van der Waals surface area (Å²) in [5.74, 6) is -0.493. The minimum Gasteiger partial charge on any atom is -0.364 e. The highest BCUT2D eigenvalue weighted by Gasteiger charge is 2.11. The summed E-state index contributed by atoms with van der Waals surface area (Å²) in [5.41, 5.74) is 5.44. The van der Waals surface area contributed by atoms with Crippen LogP contribution in [0.5, 0.6) is 0 Å². The zero-order valence-corrected chi connectivity index (χ0v) is 9.07. The summed E-state index contributed by atoms with van der Waals surface area (Å²) in [6.07, 6.45) is 1.77. The average molecular weight is 221 g/mol. The molecule has 2 aromatic heterocycles. The van der Waals surface area contributed by atoms with Crippen LogP contribution in [0, 0.1) is 0 Å². The standard InChI is InChI=1S/C10H11N3OS/c1-7(9-3-2-6-15-9)13-5-4-8(12-13)10(11)14/h2-7H,1H3,(H2,11,14). The second-order valence-corrected chi connectivity index (χ2v) is 4.22. The SMILES string of the molecule is CC(c1cccs1)n1ccc(C(N)=O)n1. The molecule has 0 saturated heterocycles. The predicted molar refractivity (Wildman–Crippen MR) is 58.9 cm³/mol. The van der Waals surface area contributed by atoms with Crippen molar-refractivity contribution < 1.29 is 4.79 Å². The molecule has 0 bridgehead atoms. The van der Waals surface area contributed by atoms with Crippen LogP contribution in [0.4, 0.5) is 0 Å². The van der Waals surface area contributed by atoms with Crippen LogP contribution in [0.3, 0.4) is 0 Å². The fourth-order valence-corrected chi connectivity index (χ4v) is 2.12. The first kappa shape index (κ1) is 9.92. The maximum absolute atomic E-state index is 10.9. The van der Waals surface area contributed by atoms with E-state index >= 15 is 0 Å². The van der Waals surface area contributed by atoms with Gasteiger partial charge in [0.1, 0.15) is 5.69 Å². The lowest BCUT2D eigenvalue weighted by Gasteiger charge is -2.09. The number of rotatable bonds is 3. The number of hydrogen-bond acceptors (Lipinski definition) is 3. The van der Waals surface area contributed by atoms with Crippen LogP contribution in [-0.4, -0.2) is 15.7 Å². The lowest BCUT2D eigenvalue weighted by Crippen LogP contribution is -2.13. The second kappa shape index (κ2) is 3.86. The molecule has 0 fully saturated rings. The van der Waals surface area contributed by atoms with E-state index in [9.17, 15) is 4.79 Å². The Hall–Kier alpha value is -1.62. The first-order valence-electron chi connectivity index (χ1n) is 4.57. The molecule has 1 amide bonds. The minimum atomic E-state index is -0.493. The van der Waals surface area contributed by atoms with Crippen LogP contribution in [0.15, 0.2) is 29.8 Å². The molecule has 5 heteroatoms. The molecule has 15 heavy (non-hydrogen) atoms. The van der Waals surface area contributed by atoms with Crippen molar-refractivity contribution >= 4 is 17.2 Å². The Balaban J connectivity index is 2.26. The van der Waals surface area contributed by atoms with Crippen molar-refractivity contribution in [2.24, 2.45) is 5.73 Å². The molecule has 0 spiro atoms. The Bertz CT molecular complexity index is 461. The number of aromatic nitrogens is 2. The van der Waals surface area contributed by atoms with Crippen molar-refractivity contribution in [3.8, 4) is 0 Å². The molecule has 0 aliphatic heterocycles. The van der Waals surface area contributed by atoms with Crippen molar-refractivity contribution in [2.75, 3.05) is 0 Å². The quantitative estimate of drug-likeness (QED) is 0.856. The van der Waals surface area contributed by atoms with Crippen molar-refractivity contribution in [3.63, 3.8) is 0 Å². The van der Waals surface area contributed by atoms with Gasteiger partial charge in [-0.05, 0) is 24.4 Å². The number of carbonyl (C=O) groups is 1. The third-order valence-electron chi connectivity index (χ3n) is 2.21. The first-order chi connectivity index (χ1) is 7.18. The molecule has 1 atom stereocenters. The highest BCUT2D eigenvalue weighted by molar-refractivity contribution is 7.10. The second-order valence-electron chi connectivity index (χ2n) is 3.24. The average Bonchev–Trinajstić information content (AvgIpc) is 2.88. The van der Waals surface area contributed by atoms with E-state index < -0.39 is 5.91 Å². The lowest BCUT2D eigenvalue weighted by atomic mass is 10.3. The summed E-state index contributed by atoms with van der Waals surface area (Å²) in [6.45, 7) is 2.03. The number of carbonyl (C=O) groups excluding carboxylic acids is 1. The molecule has 0 aromatic carbocycles. The molecule has 78 valence electrons. The van der Waals surface area contributed by atoms with E-state index in [1.54, 1.807) is 28.3 Å². The zero-order chi connectivity index (χ0) is 10.8. The molecule has 0 aliphatic rings. The van der Waals surface area contributed by atoms with Gasteiger partial charge in [0.2, 0.25) is 0 Å². The first-order valence-corrected chi connectivity index (χ1v) is 5.45. The maximum atomic E-state index is 10.9. The van der Waals surface area contributed by atoms with E-state index in [0.717, 1.165) is 0 Å². The molecule has 2 N–H and O–H groups in total. The monoisotopic (exact) mass is 221 g/mol. The van der Waals surface area contributed by atoms with E-state index in [1.165, 1.54) is 4.88 Å². The summed E-state index contributed by atoms with van der Waals surface area (Å²) in [5, 5.41) is 6.13. The van der Waals surface area contributed by atoms with Crippen LogP contribution < -0.4 is 5.73 Å². The van der Waals surface area contributed by atoms with Crippen LogP contribution in [-0.2, 0) is 0 Å². The van der Waals surface area contributed by atoms with Gasteiger partial charge in [-0.1, -0.05) is 6.07 Å². The molecule has 1 unspecified atom stereocenters. The third kappa shape index (κ3) is 1.92. The molecule has 0 saturated carbocycles. The molecule has 0 aliphatic carbocycles. The van der Waals surface area contributed by atoms with Crippen molar-refractivity contribution in [3.05, 3.63) is 40.3 Å². The molecule has 4 nitrogen and oxygen atoms in total. The number of nitrogens with zero attached hydrogens (tertiary/aromatic N) is 2. The molecule has 2 aromatic rings. The number of nitrogens with two attached hydrogens (primary N) is 1. The van der Waals surface area contributed by atoms with Gasteiger partial charge in [0.15, 0.2) is 0 Å². The van der Waals surface area contributed by atoms with Gasteiger partial charge in [-0.25, -0.2) is 0 Å². The zero-order valence-electron chi connectivity index (χ0n) is 8.25. The van der Waals surface area contributed by atoms with Gasteiger partial charge in [-0.15, -0.1) is 11.3 Å². The molecule has 0 radical (unpaired) electrons. The Labute approximate surface area is 91.3 Å². The third-order valence-corrected chi connectivity index (χ3v) is 3.26. The maximum Gasteiger partial charge on any atom is 0.269 e. The smallest absolute Gasteiger partial charge is 0.269 e. The van der Waals surface area contributed by atoms with Gasteiger partial charge in [-0.3, -0.25) is 9.48 Å². The summed E-state index contributed by atoms with van der Waals surface area (Å²) < 4.78 is 1.74. The Kier molecular flexibility index (Phi) is 2.55.